The highest BCUT2D eigenvalue weighted by Crippen LogP contribution is 2.57. The van der Waals surface area contributed by atoms with E-state index in [1.165, 1.54) is 25.2 Å². The molecule has 1 aliphatic heterocycles. The van der Waals surface area contributed by atoms with Crippen molar-refractivity contribution in [3.8, 4) is 0 Å². The Balaban J connectivity index is 1.88. The van der Waals surface area contributed by atoms with Crippen LogP contribution in [-0.2, 0) is 42.9 Å². The molecule has 1 saturated heterocycles. The van der Waals surface area contributed by atoms with Crippen LogP contribution < -0.4 is 0 Å². The lowest BCUT2D eigenvalue weighted by atomic mass is 9.75. The molecule has 0 radical (unpaired) electrons. The predicted molar refractivity (Wildman–Crippen MR) is 173 cm³/mol. The van der Waals surface area contributed by atoms with Crippen LogP contribution in [0.3, 0.4) is 0 Å². The summed E-state index contributed by atoms with van der Waals surface area (Å²) < 4.78 is 29.6. The van der Waals surface area contributed by atoms with Crippen LogP contribution in [0.1, 0.15) is 115 Å². The van der Waals surface area contributed by atoms with Crippen molar-refractivity contribution < 1.29 is 57.9 Å². The summed E-state index contributed by atoms with van der Waals surface area (Å²) in [4.78, 5) is 66.1. The van der Waals surface area contributed by atoms with Crippen LogP contribution in [0.2, 0.25) is 0 Å². The van der Waals surface area contributed by atoms with Crippen molar-refractivity contribution in [2.24, 2.45) is 5.92 Å². The highest BCUT2D eigenvalue weighted by Gasteiger charge is 2.76. The molecule has 1 saturated carbocycles. The topological polar surface area (TPSA) is 172 Å². The van der Waals surface area contributed by atoms with E-state index in [9.17, 15) is 34.2 Å². The number of carbonyl (C=O) groups excluding carboxylic acids is 5. The second-order valence-corrected chi connectivity index (χ2v) is 14.4. The van der Waals surface area contributed by atoms with Gasteiger partial charge in [-0.05, 0) is 68.7 Å². The fourth-order valence-corrected chi connectivity index (χ4v) is 8.13. The SMILES string of the molecule is CCCCCCCC(=O)O[C@H]1[C@H]2C(=C(C)[C@@H]1OC(=O)c1sccc1C)[C@@H]1OC(=O)[C@@](C)(O)[C@@]1(O)[C@@H](OC(=O)CCC)C[C@]2(C)OC(C)=O. The van der Waals surface area contributed by atoms with Crippen LogP contribution >= 0.6 is 11.3 Å². The number of ether oxygens (including phenoxy) is 5. The van der Waals surface area contributed by atoms with Crippen molar-refractivity contribution in [1.29, 1.82) is 0 Å². The van der Waals surface area contributed by atoms with Gasteiger partial charge in [0.2, 0.25) is 0 Å². The minimum Gasteiger partial charge on any atom is -0.459 e. The van der Waals surface area contributed by atoms with E-state index in [2.05, 4.69) is 6.92 Å². The molecule has 0 amide bonds. The zero-order valence-electron chi connectivity index (χ0n) is 28.8. The normalized spacial score (nSPS) is 32.5. The van der Waals surface area contributed by atoms with Gasteiger partial charge in [-0.1, -0.05) is 39.5 Å². The summed E-state index contributed by atoms with van der Waals surface area (Å²) in [5, 5.41) is 25.7. The van der Waals surface area contributed by atoms with Gasteiger partial charge in [-0.15, -0.1) is 11.3 Å². The van der Waals surface area contributed by atoms with Gasteiger partial charge in [-0.3, -0.25) is 14.4 Å². The number of aryl methyl sites for hydroxylation is 1. The van der Waals surface area contributed by atoms with E-state index in [0.717, 1.165) is 32.6 Å². The van der Waals surface area contributed by atoms with E-state index in [1.807, 2.05) is 0 Å². The minimum atomic E-state index is -2.58. The fraction of sp³-hybridized carbons (Fsp3) is 0.686. The molecule has 0 aromatic carbocycles. The van der Waals surface area contributed by atoms with Gasteiger partial charge in [-0.25, -0.2) is 9.59 Å². The first-order valence-corrected chi connectivity index (χ1v) is 17.6. The van der Waals surface area contributed by atoms with Crippen molar-refractivity contribution in [3.05, 3.63) is 33.0 Å². The van der Waals surface area contributed by atoms with E-state index < -0.39 is 83.4 Å². The number of carbonyl (C=O) groups is 5. The first kappa shape index (κ1) is 37.5. The van der Waals surface area contributed by atoms with Crippen LogP contribution in [0.25, 0.3) is 0 Å². The standard InChI is InChI=1S/C35H48O12S/c1-8-10-11-12-13-15-24(38)44-28-26-25(20(4)27(28)45-31(39)29-19(3)16-17-48-29)30-35(42,34(7,41)32(40)46-30)22(43-23(37)14-9-2)18-33(26,6)47-21(5)36/h16-17,22,26-28,30,41-42H,8-15,18H2,1-7H3/t22-,26+,27-,28-,30-,33-,34+,35+/m0/s1. The summed E-state index contributed by atoms with van der Waals surface area (Å²) in [5.41, 5.74) is -5.74. The Labute approximate surface area is 285 Å². The molecule has 2 N–H and O–H groups in total. The van der Waals surface area contributed by atoms with Crippen molar-refractivity contribution >= 4 is 41.2 Å². The lowest BCUT2D eigenvalue weighted by Crippen LogP contribution is -2.64. The molecule has 0 unspecified atom stereocenters. The third-order valence-electron chi connectivity index (χ3n) is 9.81. The van der Waals surface area contributed by atoms with E-state index >= 15 is 0 Å². The van der Waals surface area contributed by atoms with E-state index in [1.54, 1.807) is 32.2 Å². The second kappa shape index (κ2) is 14.7. The van der Waals surface area contributed by atoms with Gasteiger partial charge in [0, 0.05) is 26.2 Å². The number of aliphatic hydroxyl groups is 2. The second-order valence-electron chi connectivity index (χ2n) is 13.5. The molecule has 1 aromatic heterocycles. The number of hydrogen-bond donors (Lipinski definition) is 2. The largest absolute Gasteiger partial charge is 0.459 e. The van der Waals surface area contributed by atoms with Crippen molar-refractivity contribution in [1.82, 2.24) is 0 Å². The third kappa shape index (κ3) is 6.91. The maximum Gasteiger partial charge on any atom is 0.349 e. The minimum absolute atomic E-state index is 0.0255. The molecule has 13 heteroatoms. The molecule has 1 aromatic rings. The quantitative estimate of drug-likeness (QED) is 0.127. The molecule has 48 heavy (non-hydrogen) atoms. The monoisotopic (exact) mass is 692 g/mol. The average Bonchev–Trinajstić information content (AvgIpc) is 3.58. The van der Waals surface area contributed by atoms with Gasteiger partial charge >= 0.3 is 29.8 Å². The highest BCUT2D eigenvalue weighted by molar-refractivity contribution is 7.12. The predicted octanol–water partition coefficient (Wildman–Crippen LogP) is 4.65. The van der Waals surface area contributed by atoms with E-state index in [-0.39, 0.29) is 24.0 Å². The Morgan fingerprint density at radius 1 is 0.958 bits per heavy atom. The Morgan fingerprint density at radius 2 is 1.62 bits per heavy atom. The number of esters is 5. The van der Waals surface area contributed by atoms with Gasteiger partial charge in [0.25, 0.3) is 0 Å². The Morgan fingerprint density at radius 3 is 2.23 bits per heavy atom. The van der Waals surface area contributed by atoms with E-state index in [0.29, 0.717) is 23.3 Å². The summed E-state index contributed by atoms with van der Waals surface area (Å²) in [5.74, 6) is -5.03. The van der Waals surface area contributed by atoms with Gasteiger partial charge in [0.15, 0.2) is 29.5 Å². The first-order valence-electron chi connectivity index (χ1n) is 16.7. The molecule has 12 nitrogen and oxygen atoms in total. The molecule has 0 spiro atoms. The zero-order valence-corrected chi connectivity index (χ0v) is 29.6. The number of hydrogen-bond acceptors (Lipinski definition) is 13. The lowest BCUT2D eigenvalue weighted by Gasteiger charge is -2.41. The highest BCUT2D eigenvalue weighted by atomic mass is 32.1. The van der Waals surface area contributed by atoms with Crippen LogP contribution in [0, 0.1) is 12.8 Å². The average molecular weight is 693 g/mol. The molecule has 0 bridgehead atoms. The maximum absolute atomic E-state index is 13.5. The van der Waals surface area contributed by atoms with Crippen LogP contribution in [-0.4, -0.2) is 81.3 Å². The Bertz CT molecular complexity index is 1440. The van der Waals surface area contributed by atoms with Gasteiger partial charge in [-0.2, -0.15) is 0 Å². The van der Waals surface area contributed by atoms with Gasteiger partial charge < -0.3 is 33.9 Å². The molecular formula is C35H48O12S. The van der Waals surface area contributed by atoms with E-state index in [4.69, 9.17) is 23.7 Å². The van der Waals surface area contributed by atoms with Crippen molar-refractivity contribution in [3.63, 3.8) is 0 Å². The van der Waals surface area contributed by atoms with Crippen LogP contribution in [0.4, 0.5) is 0 Å². The fourth-order valence-electron chi connectivity index (χ4n) is 7.32. The van der Waals surface area contributed by atoms with Crippen LogP contribution in [0.5, 0.6) is 0 Å². The summed E-state index contributed by atoms with van der Waals surface area (Å²) in [6, 6.07) is 1.76. The lowest BCUT2D eigenvalue weighted by molar-refractivity contribution is -0.211. The maximum atomic E-state index is 13.5. The number of unbranched alkanes of at least 4 members (excludes halogenated alkanes) is 4. The smallest absolute Gasteiger partial charge is 0.349 e. The molecule has 3 aliphatic rings. The van der Waals surface area contributed by atoms with Gasteiger partial charge in [0.05, 0.1) is 5.92 Å². The van der Waals surface area contributed by atoms with Crippen LogP contribution in [0.15, 0.2) is 22.6 Å². The summed E-state index contributed by atoms with van der Waals surface area (Å²) in [7, 11) is 0. The summed E-state index contributed by atoms with van der Waals surface area (Å²) in [6.07, 6.45) is -1.36. The molecule has 8 atom stereocenters. The van der Waals surface area contributed by atoms with Crippen molar-refractivity contribution in [2.75, 3.05) is 0 Å². The Hall–Kier alpha value is -3.29. The molecule has 2 aliphatic carbocycles. The molecular weight excluding hydrogens is 644 g/mol. The summed E-state index contributed by atoms with van der Waals surface area (Å²) >= 11 is 1.18. The first-order chi connectivity index (χ1) is 22.5. The summed E-state index contributed by atoms with van der Waals surface area (Å²) in [6.45, 7) is 11.0. The molecule has 266 valence electrons. The molecule has 2 fully saturated rings. The third-order valence-corrected chi connectivity index (χ3v) is 10.8. The Kier molecular flexibility index (Phi) is 11.5. The zero-order chi connectivity index (χ0) is 35.6. The number of fused-ring (bicyclic) bond motifs is 3. The number of thiophene rings is 1. The van der Waals surface area contributed by atoms with Gasteiger partial charge in [0.1, 0.15) is 16.6 Å². The molecule has 4 rings (SSSR count). The van der Waals surface area contributed by atoms with Crippen molar-refractivity contribution in [2.45, 2.75) is 147 Å². The number of rotatable bonds is 13. The molecule has 2 heterocycles.